The Hall–Kier alpha value is -2.89. The van der Waals surface area contributed by atoms with Crippen LogP contribution in [0.5, 0.6) is 0 Å². The number of hydrogen-bond donors (Lipinski definition) is 0. The van der Waals surface area contributed by atoms with Gasteiger partial charge in [-0.05, 0) is 31.4 Å². The number of carbonyl (C=O) groups excluding carboxylic acids is 1. The van der Waals surface area contributed by atoms with Crippen LogP contribution >= 0.6 is 0 Å². The van der Waals surface area contributed by atoms with E-state index in [1.807, 2.05) is 54.5 Å². The highest BCUT2D eigenvalue weighted by Gasteiger charge is 2.29. The van der Waals surface area contributed by atoms with Crippen molar-refractivity contribution in [3.63, 3.8) is 0 Å². The first-order valence-electron chi connectivity index (χ1n) is 9.08. The van der Waals surface area contributed by atoms with Crippen LogP contribution in [0.3, 0.4) is 0 Å². The molecule has 1 saturated heterocycles. The maximum Gasteiger partial charge on any atom is 0.244 e. The van der Waals surface area contributed by atoms with Gasteiger partial charge in [0.2, 0.25) is 5.91 Å². The van der Waals surface area contributed by atoms with Crippen LogP contribution in [-0.2, 0) is 18.4 Å². The lowest BCUT2D eigenvalue weighted by Gasteiger charge is -2.36. The molecule has 1 aromatic carbocycles. The van der Waals surface area contributed by atoms with E-state index < -0.39 is 0 Å². The number of piperidine rings is 1. The van der Waals surface area contributed by atoms with Gasteiger partial charge in [0.1, 0.15) is 12.9 Å². The minimum atomic E-state index is 0.0976. The summed E-state index contributed by atoms with van der Waals surface area (Å²) in [5.74, 6) is 0.747. The summed E-state index contributed by atoms with van der Waals surface area (Å²) in [5, 5.41) is 4.47. The molecule has 0 radical (unpaired) electrons. The second-order valence-corrected chi connectivity index (χ2v) is 6.77. The fraction of sp³-hybridized carbons (Fsp3) is 0.350. The van der Waals surface area contributed by atoms with Crippen molar-refractivity contribution in [2.75, 3.05) is 6.54 Å². The Bertz CT molecular complexity index is 883. The number of benzene rings is 1. The average Bonchev–Trinajstić information content (AvgIpc) is 3.31. The zero-order valence-electron chi connectivity index (χ0n) is 15.0. The number of carbonyl (C=O) groups is 1. The summed E-state index contributed by atoms with van der Waals surface area (Å²) in [4.78, 5) is 19.3. The van der Waals surface area contributed by atoms with E-state index in [1.54, 1.807) is 11.0 Å². The smallest absolute Gasteiger partial charge is 0.244 e. The lowest BCUT2D eigenvalue weighted by atomic mass is 9.99. The Morgan fingerprint density at radius 3 is 2.77 bits per heavy atom. The third kappa shape index (κ3) is 3.27. The molecule has 3 aromatic rings. The number of aryl methyl sites for hydroxylation is 1. The van der Waals surface area contributed by atoms with Gasteiger partial charge in [-0.25, -0.2) is 9.67 Å². The quantitative estimate of drug-likeness (QED) is 0.727. The van der Waals surface area contributed by atoms with Crippen molar-refractivity contribution in [2.45, 2.75) is 31.8 Å². The molecule has 6 heteroatoms. The maximum absolute atomic E-state index is 13.0. The Labute approximate surface area is 153 Å². The van der Waals surface area contributed by atoms with E-state index >= 15 is 0 Å². The van der Waals surface area contributed by atoms with E-state index in [9.17, 15) is 4.79 Å². The van der Waals surface area contributed by atoms with Crippen LogP contribution in [-0.4, -0.2) is 36.7 Å². The first-order chi connectivity index (χ1) is 12.7. The normalized spacial score (nSPS) is 17.4. The highest BCUT2D eigenvalue weighted by atomic mass is 16.2. The fourth-order valence-electron chi connectivity index (χ4n) is 3.68. The number of amides is 1. The molecule has 134 valence electrons. The molecule has 4 rings (SSSR count). The van der Waals surface area contributed by atoms with Crippen LogP contribution < -0.4 is 0 Å². The first-order valence-corrected chi connectivity index (χ1v) is 9.08. The van der Waals surface area contributed by atoms with Gasteiger partial charge in [-0.1, -0.05) is 30.3 Å². The highest BCUT2D eigenvalue weighted by Crippen LogP contribution is 2.31. The monoisotopic (exact) mass is 349 g/mol. The summed E-state index contributed by atoms with van der Waals surface area (Å²) < 4.78 is 3.75. The summed E-state index contributed by atoms with van der Waals surface area (Å²) in [6.45, 7) is 1.02. The van der Waals surface area contributed by atoms with Crippen molar-refractivity contribution in [1.29, 1.82) is 0 Å². The highest BCUT2D eigenvalue weighted by molar-refractivity contribution is 5.76. The van der Waals surface area contributed by atoms with Crippen LogP contribution in [0, 0.1) is 0 Å². The van der Waals surface area contributed by atoms with Gasteiger partial charge in [0, 0.05) is 31.0 Å². The van der Waals surface area contributed by atoms with Crippen molar-refractivity contribution >= 4 is 5.91 Å². The van der Waals surface area contributed by atoms with Gasteiger partial charge in [-0.15, -0.1) is 0 Å². The second-order valence-electron chi connectivity index (χ2n) is 6.77. The predicted octanol–water partition coefficient (Wildman–Crippen LogP) is 3.04. The van der Waals surface area contributed by atoms with Gasteiger partial charge in [0.05, 0.1) is 6.04 Å². The van der Waals surface area contributed by atoms with Crippen LogP contribution in [0.2, 0.25) is 0 Å². The van der Waals surface area contributed by atoms with Crippen molar-refractivity contribution in [3.8, 4) is 11.4 Å². The van der Waals surface area contributed by atoms with E-state index in [-0.39, 0.29) is 18.5 Å². The molecule has 1 aliphatic heterocycles. The van der Waals surface area contributed by atoms with Crippen molar-refractivity contribution in [2.24, 2.45) is 7.05 Å². The Morgan fingerprint density at radius 1 is 1.15 bits per heavy atom. The van der Waals surface area contributed by atoms with E-state index in [0.29, 0.717) is 5.82 Å². The molecular formula is C20H23N5O. The van der Waals surface area contributed by atoms with Crippen LogP contribution in [0.15, 0.2) is 55.0 Å². The third-order valence-electron chi connectivity index (χ3n) is 5.01. The lowest BCUT2D eigenvalue weighted by molar-refractivity contribution is -0.136. The van der Waals surface area contributed by atoms with Gasteiger partial charge in [0.25, 0.3) is 0 Å². The van der Waals surface area contributed by atoms with E-state index in [2.05, 4.69) is 20.7 Å². The molecule has 3 heterocycles. The molecule has 0 aliphatic carbocycles. The molecule has 1 atom stereocenters. The number of hydrogen-bond acceptors (Lipinski definition) is 3. The van der Waals surface area contributed by atoms with Gasteiger partial charge < -0.3 is 9.47 Å². The van der Waals surface area contributed by atoms with Gasteiger partial charge in [-0.2, -0.15) is 5.10 Å². The zero-order valence-corrected chi connectivity index (χ0v) is 15.0. The van der Waals surface area contributed by atoms with Crippen molar-refractivity contribution in [3.05, 3.63) is 60.7 Å². The molecule has 1 amide bonds. The maximum atomic E-state index is 13.0. The van der Waals surface area contributed by atoms with Crippen LogP contribution in [0.1, 0.15) is 31.0 Å². The molecule has 0 saturated carbocycles. The van der Waals surface area contributed by atoms with Crippen molar-refractivity contribution < 1.29 is 4.79 Å². The summed E-state index contributed by atoms with van der Waals surface area (Å²) in [7, 11) is 2.04. The number of rotatable bonds is 4. The minimum absolute atomic E-state index is 0.0976. The number of likely N-dealkylation sites (tertiary alicyclic amines) is 1. The van der Waals surface area contributed by atoms with Gasteiger partial charge in [-0.3, -0.25) is 4.79 Å². The molecule has 1 aliphatic rings. The molecular weight excluding hydrogens is 326 g/mol. The summed E-state index contributed by atoms with van der Waals surface area (Å²) in [6.07, 6.45) is 6.90. The summed E-state index contributed by atoms with van der Waals surface area (Å²) in [5.41, 5.74) is 2.15. The van der Waals surface area contributed by atoms with E-state index in [4.69, 9.17) is 0 Å². The number of nitrogens with zero attached hydrogens (tertiary/aromatic N) is 5. The topological polar surface area (TPSA) is 56.0 Å². The van der Waals surface area contributed by atoms with Crippen LogP contribution in [0.4, 0.5) is 0 Å². The molecule has 0 spiro atoms. The average molecular weight is 349 g/mol. The molecule has 26 heavy (non-hydrogen) atoms. The minimum Gasteiger partial charge on any atom is -0.353 e. The molecule has 6 nitrogen and oxygen atoms in total. The van der Waals surface area contributed by atoms with Crippen LogP contribution in [0.25, 0.3) is 11.4 Å². The largest absolute Gasteiger partial charge is 0.353 e. The third-order valence-corrected chi connectivity index (χ3v) is 5.01. The first kappa shape index (κ1) is 16.6. The summed E-state index contributed by atoms with van der Waals surface area (Å²) >= 11 is 0. The molecule has 0 bridgehead atoms. The molecule has 1 fully saturated rings. The predicted molar refractivity (Wildman–Crippen MR) is 99.2 cm³/mol. The fourth-order valence-corrected chi connectivity index (χ4v) is 3.68. The second kappa shape index (κ2) is 7.15. The SMILES string of the molecule is Cn1cccc1[C@H]1CCCCN1C(=O)Cn1cnc(-c2ccccc2)n1. The molecule has 2 aromatic heterocycles. The molecule has 0 N–H and O–H groups in total. The van der Waals surface area contributed by atoms with Crippen molar-refractivity contribution in [1.82, 2.24) is 24.2 Å². The van der Waals surface area contributed by atoms with Gasteiger partial charge in [0.15, 0.2) is 5.82 Å². The molecule has 0 unspecified atom stereocenters. The Morgan fingerprint density at radius 2 is 2.00 bits per heavy atom. The number of aromatic nitrogens is 4. The zero-order chi connectivity index (χ0) is 17.9. The van der Waals surface area contributed by atoms with E-state index in [1.165, 1.54) is 5.69 Å². The Kier molecular flexibility index (Phi) is 4.56. The Balaban J connectivity index is 1.50. The lowest BCUT2D eigenvalue weighted by Crippen LogP contribution is -2.41. The summed E-state index contributed by atoms with van der Waals surface area (Å²) in [6, 6.07) is 14.1. The standard InChI is InChI=1S/C20H23N5O/c1-23-12-7-11-17(23)18-10-5-6-13-25(18)19(26)14-24-15-21-20(22-24)16-8-3-2-4-9-16/h2-4,7-9,11-12,15,18H,5-6,10,13-14H2,1H3/t18-/m1/s1. The van der Waals surface area contributed by atoms with Gasteiger partial charge >= 0.3 is 0 Å². The van der Waals surface area contributed by atoms with E-state index in [0.717, 1.165) is 31.4 Å².